The van der Waals surface area contributed by atoms with Gasteiger partial charge in [-0.25, -0.2) is 4.98 Å². The number of nitrogens with two attached hydrogens (primary N) is 1. The Labute approximate surface area is 119 Å². The van der Waals surface area contributed by atoms with E-state index in [1.165, 1.54) is 6.33 Å². The molecule has 0 bridgehead atoms. The maximum atomic E-state index is 11.5. The molecular formula is C13H14BrN3O2. The number of benzene rings is 1. The van der Waals surface area contributed by atoms with Crippen molar-refractivity contribution >= 4 is 15.9 Å². The molecular weight excluding hydrogens is 310 g/mol. The molecule has 0 amide bonds. The van der Waals surface area contributed by atoms with Gasteiger partial charge >= 0.3 is 0 Å². The number of hydrogen-bond acceptors (Lipinski definition) is 4. The first kappa shape index (κ1) is 13.8. The molecule has 0 saturated heterocycles. The molecule has 0 aliphatic carbocycles. The minimum atomic E-state index is -0.279. The molecule has 100 valence electrons. The molecule has 0 spiro atoms. The van der Waals surface area contributed by atoms with E-state index in [-0.39, 0.29) is 15.9 Å². The predicted octanol–water partition coefficient (Wildman–Crippen LogP) is 2.40. The first-order valence-electron chi connectivity index (χ1n) is 5.74. The highest BCUT2D eigenvalue weighted by atomic mass is 79.9. The first-order valence-corrected chi connectivity index (χ1v) is 6.53. The highest BCUT2D eigenvalue weighted by molar-refractivity contribution is 9.10. The number of halogens is 1. The smallest absolute Gasteiger partial charge is 0.268 e. The molecule has 19 heavy (non-hydrogen) atoms. The number of hydrogen-bond donors (Lipinski definition) is 2. The van der Waals surface area contributed by atoms with Gasteiger partial charge in [-0.2, -0.15) is 0 Å². The van der Waals surface area contributed by atoms with Crippen molar-refractivity contribution in [1.82, 2.24) is 9.97 Å². The average Bonchev–Trinajstić information content (AvgIpc) is 2.38. The third-order valence-electron chi connectivity index (χ3n) is 2.72. The third kappa shape index (κ3) is 2.85. The molecule has 0 unspecified atom stereocenters. The summed E-state index contributed by atoms with van der Waals surface area (Å²) in [6, 6.07) is 3.92. The Bertz CT molecular complexity index is 644. The lowest BCUT2D eigenvalue weighted by atomic mass is 10.1. The second-order valence-electron chi connectivity index (χ2n) is 4.22. The van der Waals surface area contributed by atoms with Crippen molar-refractivity contribution in [1.29, 1.82) is 0 Å². The van der Waals surface area contributed by atoms with Gasteiger partial charge in [0.25, 0.3) is 5.56 Å². The van der Waals surface area contributed by atoms with Crippen LogP contribution in [0.2, 0.25) is 0 Å². The molecule has 0 aliphatic heterocycles. The van der Waals surface area contributed by atoms with Gasteiger partial charge in [0.1, 0.15) is 10.2 Å². The zero-order valence-corrected chi connectivity index (χ0v) is 12.2. The fourth-order valence-electron chi connectivity index (χ4n) is 1.85. The van der Waals surface area contributed by atoms with Gasteiger partial charge < -0.3 is 15.5 Å². The van der Waals surface area contributed by atoms with E-state index in [2.05, 4.69) is 25.9 Å². The molecule has 3 N–H and O–H groups in total. The lowest BCUT2D eigenvalue weighted by Gasteiger charge is -2.13. The molecule has 0 saturated carbocycles. The highest BCUT2D eigenvalue weighted by Crippen LogP contribution is 2.30. The van der Waals surface area contributed by atoms with Crippen LogP contribution in [-0.2, 0) is 6.54 Å². The van der Waals surface area contributed by atoms with Gasteiger partial charge in [0.15, 0.2) is 0 Å². The number of rotatable bonds is 3. The largest absolute Gasteiger partial charge is 0.437 e. The molecule has 5 nitrogen and oxygen atoms in total. The van der Waals surface area contributed by atoms with Crippen LogP contribution in [0, 0.1) is 13.8 Å². The fourth-order valence-corrected chi connectivity index (χ4v) is 2.15. The van der Waals surface area contributed by atoms with E-state index >= 15 is 0 Å². The Morgan fingerprint density at radius 1 is 1.37 bits per heavy atom. The summed E-state index contributed by atoms with van der Waals surface area (Å²) in [6.07, 6.45) is 1.31. The Hall–Kier alpha value is -1.66. The number of aromatic amines is 1. The number of H-pyrrole nitrogens is 1. The maximum Gasteiger partial charge on any atom is 0.268 e. The monoisotopic (exact) mass is 323 g/mol. The van der Waals surface area contributed by atoms with Gasteiger partial charge in [-0.1, -0.05) is 12.1 Å². The summed E-state index contributed by atoms with van der Waals surface area (Å²) < 4.78 is 6.01. The molecule has 2 rings (SSSR count). The fraction of sp³-hybridized carbons (Fsp3) is 0.231. The maximum absolute atomic E-state index is 11.5. The van der Waals surface area contributed by atoms with Crippen molar-refractivity contribution in [2.24, 2.45) is 5.73 Å². The van der Waals surface area contributed by atoms with E-state index in [1.807, 2.05) is 26.0 Å². The van der Waals surface area contributed by atoms with Crippen LogP contribution < -0.4 is 16.0 Å². The molecule has 0 radical (unpaired) electrons. The molecule has 6 heteroatoms. The first-order chi connectivity index (χ1) is 9.02. The summed E-state index contributed by atoms with van der Waals surface area (Å²) >= 11 is 3.16. The molecule has 1 heterocycles. The zero-order valence-electron chi connectivity index (χ0n) is 10.7. The van der Waals surface area contributed by atoms with Crippen molar-refractivity contribution in [2.45, 2.75) is 20.4 Å². The number of ether oxygens (including phenoxy) is 1. The van der Waals surface area contributed by atoms with Crippen LogP contribution in [0.4, 0.5) is 0 Å². The summed E-state index contributed by atoms with van der Waals surface area (Å²) in [4.78, 5) is 17.9. The molecule has 0 aliphatic rings. The standard InChI is InChI=1S/C13H14BrN3O2/c1-7-3-9(5-15)4-8(2)11(7)19-13-10(14)12(18)16-6-17-13/h3-4,6H,5,15H2,1-2H3,(H,16,17,18). The second-order valence-corrected chi connectivity index (χ2v) is 5.01. The van der Waals surface area contributed by atoms with Gasteiger partial charge in [-0.3, -0.25) is 4.79 Å². The van der Waals surface area contributed by atoms with Gasteiger partial charge in [0.05, 0.1) is 6.33 Å². The zero-order chi connectivity index (χ0) is 14.0. The summed E-state index contributed by atoms with van der Waals surface area (Å²) in [5, 5.41) is 0. The average molecular weight is 324 g/mol. The Morgan fingerprint density at radius 2 is 2.00 bits per heavy atom. The highest BCUT2D eigenvalue weighted by Gasteiger charge is 2.12. The number of nitrogens with zero attached hydrogens (tertiary/aromatic N) is 1. The van der Waals surface area contributed by atoms with Crippen LogP contribution in [0.3, 0.4) is 0 Å². The lowest BCUT2D eigenvalue weighted by molar-refractivity contribution is 0.450. The second kappa shape index (κ2) is 5.54. The van der Waals surface area contributed by atoms with Crippen LogP contribution in [0.5, 0.6) is 11.6 Å². The van der Waals surface area contributed by atoms with E-state index in [1.54, 1.807) is 0 Å². The lowest BCUT2D eigenvalue weighted by Crippen LogP contribution is -2.09. The Morgan fingerprint density at radius 3 is 2.58 bits per heavy atom. The predicted molar refractivity (Wildman–Crippen MR) is 76.4 cm³/mol. The minimum absolute atomic E-state index is 0.246. The van der Waals surface area contributed by atoms with Gasteiger partial charge in [-0.05, 0) is 46.5 Å². The number of aromatic nitrogens is 2. The van der Waals surface area contributed by atoms with Crippen molar-refractivity contribution < 1.29 is 4.74 Å². The molecule has 1 aromatic carbocycles. The van der Waals surface area contributed by atoms with E-state index in [0.29, 0.717) is 12.3 Å². The van der Waals surface area contributed by atoms with Crippen LogP contribution in [0.1, 0.15) is 16.7 Å². The van der Waals surface area contributed by atoms with Gasteiger partial charge in [-0.15, -0.1) is 0 Å². The SMILES string of the molecule is Cc1cc(CN)cc(C)c1Oc1nc[nH]c(=O)c1Br. The Kier molecular flexibility index (Phi) is 4.01. The van der Waals surface area contributed by atoms with Crippen LogP contribution in [0.25, 0.3) is 0 Å². The van der Waals surface area contributed by atoms with Crippen LogP contribution >= 0.6 is 15.9 Å². The number of aryl methyl sites for hydroxylation is 2. The quantitative estimate of drug-likeness (QED) is 0.908. The van der Waals surface area contributed by atoms with Gasteiger partial charge in [0.2, 0.25) is 5.88 Å². The van der Waals surface area contributed by atoms with Crippen molar-refractivity contribution in [2.75, 3.05) is 0 Å². The topological polar surface area (TPSA) is 81.0 Å². The molecule has 2 aromatic rings. The van der Waals surface area contributed by atoms with E-state index < -0.39 is 0 Å². The molecule has 0 atom stereocenters. The number of nitrogens with one attached hydrogen (secondary N) is 1. The summed E-state index contributed by atoms with van der Waals surface area (Å²) in [6.45, 7) is 4.35. The summed E-state index contributed by atoms with van der Waals surface area (Å²) in [7, 11) is 0. The van der Waals surface area contributed by atoms with E-state index in [0.717, 1.165) is 16.7 Å². The van der Waals surface area contributed by atoms with Crippen molar-refractivity contribution in [3.05, 3.63) is 50.0 Å². The van der Waals surface area contributed by atoms with Crippen LogP contribution in [-0.4, -0.2) is 9.97 Å². The van der Waals surface area contributed by atoms with E-state index in [4.69, 9.17) is 10.5 Å². The van der Waals surface area contributed by atoms with Crippen molar-refractivity contribution in [3.63, 3.8) is 0 Å². The Balaban J connectivity index is 2.44. The van der Waals surface area contributed by atoms with Crippen molar-refractivity contribution in [3.8, 4) is 11.6 Å². The minimum Gasteiger partial charge on any atom is -0.437 e. The van der Waals surface area contributed by atoms with Gasteiger partial charge in [0, 0.05) is 6.54 Å². The molecule has 0 fully saturated rings. The molecule has 1 aromatic heterocycles. The summed E-state index contributed by atoms with van der Waals surface area (Å²) in [5.41, 5.74) is 8.30. The van der Waals surface area contributed by atoms with Crippen LogP contribution in [0.15, 0.2) is 27.7 Å². The normalized spacial score (nSPS) is 10.5. The third-order valence-corrected chi connectivity index (χ3v) is 3.42. The summed E-state index contributed by atoms with van der Waals surface area (Å²) in [5.74, 6) is 0.937. The van der Waals surface area contributed by atoms with E-state index in [9.17, 15) is 4.79 Å².